The SMILES string of the molecule is OC1(CN[C@@H]2CCCSC2)CCCCC1. The van der Waals surface area contributed by atoms with Crippen molar-refractivity contribution < 1.29 is 5.11 Å². The molecule has 2 N–H and O–H groups in total. The van der Waals surface area contributed by atoms with Gasteiger partial charge in [-0.05, 0) is 31.4 Å². The highest BCUT2D eigenvalue weighted by Gasteiger charge is 2.29. The smallest absolute Gasteiger partial charge is 0.0771 e. The number of thioether (sulfide) groups is 1. The third kappa shape index (κ3) is 3.65. The summed E-state index contributed by atoms with van der Waals surface area (Å²) < 4.78 is 0. The van der Waals surface area contributed by atoms with Crippen LogP contribution in [0.25, 0.3) is 0 Å². The molecule has 0 spiro atoms. The van der Waals surface area contributed by atoms with E-state index < -0.39 is 0 Å². The molecule has 2 rings (SSSR count). The molecule has 0 amide bonds. The fourth-order valence-electron chi connectivity index (χ4n) is 2.62. The number of rotatable bonds is 3. The molecular formula is C12H23NOS. The van der Waals surface area contributed by atoms with Gasteiger partial charge in [-0.1, -0.05) is 19.3 Å². The van der Waals surface area contributed by atoms with Gasteiger partial charge in [0.25, 0.3) is 0 Å². The molecule has 1 saturated heterocycles. The van der Waals surface area contributed by atoms with Crippen molar-refractivity contribution in [2.45, 2.75) is 56.6 Å². The third-order valence-electron chi connectivity index (χ3n) is 3.66. The summed E-state index contributed by atoms with van der Waals surface area (Å²) in [5, 5.41) is 13.9. The summed E-state index contributed by atoms with van der Waals surface area (Å²) in [6, 6.07) is 0.648. The summed E-state index contributed by atoms with van der Waals surface area (Å²) >= 11 is 2.04. The molecule has 15 heavy (non-hydrogen) atoms. The number of hydrogen-bond donors (Lipinski definition) is 2. The lowest BCUT2D eigenvalue weighted by Gasteiger charge is -2.34. The van der Waals surface area contributed by atoms with Gasteiger partial charge in [0.1, 0.15) is 0 Å². The molecule has 1 heterocycles. The monoisotopic (exact) mass is 229 g/mol. The van der Waals surface area contributed by atoms with Crippen LogP contribution in [0.5, 0.6) is 0 Å². The Labute approximate surface area is 97.2 Å². The molecule has 2 fully saturated rings. The molecular weight excluding hydrogens is 206 g/mol. The van der Waals surface area contributed by atoms with E-state index in [1.165, 1.54) is 43.6 Å². The van der Waals surface area contributed by atoms with E-state index in [1.54, 1.807) is 0 Å². The largest absolute Gasteiger partial charge is 0.389 e. The van der Waals surface area contributed by atoms with Crippen molar-refractivity contribution in [3.63, 3.8) is 0 Å². The van der Waals surface area contributed by atoms with Gasteiger partial charge in [0, 0.05) is 18.3 Å². The van der Waals surface area contributed by atoms with Crippen LogP contribution in [0.1, 0.15) is 44.9 Å². The number of nitrogens with one attached hydrogen (secondary N) is 1. The van der Waals surface area contributed by atoms with Crippen LogP contribution in [0.3, 0.4) is 0 Å². The van der Waals surface area contributed by atoms with Crippen LogP contribution in [0.4, 0.5) is 0 Å². The lowest BCUT2D eigenvalue weighted by Crippen LogP contribution is -2.47. The summed E-state index contributed by atoms with van der Waals surface area (Å²) in [5.41, 5.74) is -0.389. The lowest BCUT2D eigenvalue weighted by molar-refractivity contribution is 0.00292. The van der Waals surface area contributed by atoms with Crippen LogP contribution < -0.4 is 5.32 Å². The van der Waals surface area contributed by atoms with Crippen molar-refractivity contribution in [3.8, 4) is 0 Å². The predicted octanol–water partition coefficient (Wildman–Crippen LogP) is 2.17. The number of aliphatic hydroxyl groups is 1. The van der Waals surface area contributed by atoms with E-state index in [0.717, 1.165) is 19.4 Å². The summed E-state index contributed by atoms with van der Waals surface area (Å²) in [6.07, 6.45) is 8.35. The Bertz CT molecular complexity index is 186. The zero-order chi connectivity index (χ0) is 10.6. The van der Waals surface area contributed by atoms with Gasteiger partial charge in [0.05, 0.1) is 5.60 Å². The maximum Gasteiger partial charge on any atom is 0.0771 e. The van der Waals surface area contributed by atoms with Crippen molar-refractivity contribution >= 4 is 11.8 Å². The zero-order valence-corrected chi connectivity index (χ0v) is 10.3. The Balaban J connectivity index is 1.70. The summed E-state index contributed by atoms with van der Waals surface area (Å²) in [5.74, 6) is 2.55. The molecule has 2 aliphatic rings. The van der Waals surface area contributed by atoms with Crippen LogP contribution >= 0.6 is 11.8 Å². The fourth-order valence-corrected chi connectivity index (χ4v) is 3.73. The van der Waals surface area contributed by atoms with E-state index >= 15 is 0 Å². The Morgan fingerprint density at radius 2 is 2.00 bits per heavy atom. The molecule has 1 atom stereocenters. The maximum atomic E-state index is 10.3. The van der Waals surface area contributed by atoms with Crippen molar-refractivity contribution in [3.05, 3.63) is 0 Å². The average Bonchev–Trinajstić information content (AvgIpc) is 2.29. The lowest BCUT2D eigenvalue weighted by atomic mass is 9.84. The molecule has 88 valence electrons. The molecule has 1 aliphatic heterocycles. The van der Waals surface area contributed by atoms with E-state index in [0.29, 0.717) is 6.04 Å². The molecule has 0 aromatic carbocycles. The fraction of sp³-hybridized carbons (Fsp3) is 1.00. The first-order valence-electron chi connectivity index (χ1n) is 6.32. The standard InChI is InChI=1S/C12H23NOS/c14-12(6-2-1-3-7-12)10-13-11-5-4-8-15-9-11/h11,13-14H,1-10H2/t11-/m1/s1. The zero-order valence-electron chi connectivity index (χ0n) is 9.50. The number of hydrogen-bond acceptors (Lipinski definition) is 3. The van der Waals surface area contributed by atoms with Crippen LogP contribution in [0.2, 0.25) is 0 Å². The molecule has 0 bridgehead atoms. The van der Waals surface area contributed by atoms with Gasteiger partial charge < -0.3 is 10.4 Å². The molecule has 3 heteroatoms. The van der Waals surface area contributed by atoms with Crippen molar-refractivity contribution in [2.24, 2.45) is 0 Å². The van der Waals surface area contributed by atoms with Gasteiger partial charge in [-0.3, -0.25) is 0 Å². The highest BCUT2D eigenvalue weighted by Crippen LogP contribution is 2.27. The van der Waals surface area contributed by atoms with Gasteiger partial charge in [-0.15, -0.1) is 0 Å². The minimum absolute atomic E-state index is 0.389. The summed E-state index contributed by atoms with van der Waals surface area (Å²) in [4.78, 5) is 0. The normalized spacial score (nSPS) is 31.4. The van der Waals surface area contributed by atoms with Crippen LogP contribution in [0, 0.1) is 0 Å². The van der Waals surface area contributed by atoms with Crippen molar-refractivity contribution in [2.75, 3.05) is 18.1 Å². The highest BCUT2D eigenvalue weighted by atomic mass is 32.2. The maximum absolute atomic E-state index is 10.3. The Morgan fingerprint density at radius 3 is 2.67 bits per heavy atom. The molecule has 2 nitrogen and oxygen atoms in total. The van der Waals surface area contributed by atoms with Gasteiger partial charge in [-0.25, -0.2) is 0 Å². The molecule has 0 unspecified atom stereocenters. The molecule has 0 radical (unpaired) electrons. The first-order valence-corrected chi connectivity index (χ1v) is 7.48. The molecule has 1 saturated carbocycles. The first-order chi connectivity index (χ1) is 7.29. The van der Waals surface area contributed by atoms with Gasteiger partial charge in [-0.2, -0.15) is 11.8 Å². The minimum Gasteiger partial charge on any atom is -0.389 e. The van der Waals surface area contributed by atoms with E-state index in [9.17, 15) is 5.11 Å². The highest BCUT2D eigenvalue weighted by molar-refractivity contribution is 7.99. The van der Waals surface area contributed by atoms with Crippen LogP contribution in [0.15, 0.2) is 0 Å². The predicted molar refractivity (Wildman–Crippen MR) is 66.4 cm³/mol. The second kappa shape index (κ2) is 5.55. The van der Waals surface area contributed by atoms with E-state index in [1.807, 2.05) is 11.8 Å². The van der Waals surface area contributed by atoms with Gasteiger partial charge >= 0.3 is 0 Å². The van der Waals surface area contributed by atoms with Gasteiger partial charge in [0.2, 0.25) is 0 Å². The second-order valence-corrected chi connectivity index (χ2v) is 6.23. The minimum atomic E-state index is -0.389. The third-order valence-corrected chi connectivity index (χ3v) is 4.88. The average molecular weight is 229 g/mol. The molecule has 1 aliphatic carbocycles. The van der Waals surface area contributed by atoms with E-state index in [-0.39, 0.29) is 5.60 Å². The molecule has 0 aromatic heterocycles. The van der Waals surface area contributed by atoms with Crippen LogP contribution in [-0.2, 0) is 0 Å². The topological polar surface area (TPSA) is 32.3 Å². The van der Waals surface area contributed by atoms with Gasteiger partial charge in [0.15, 0.2) is 0 Å². The summed E-state index contributed by atoms with van der Waals surface area (Å²) in [7, 11) is 0. The Kier molecular flexibility index (Phi) is 4.35. The quantitative estimate of drug-likeness (QED) is 0.778. The summed E-state index contributed by atoms with van der Waals surface area (Å²) in [6.45, 7) is 0.818. The second-order valence-electron chi connectivity index (χ2n) is 5.08. The van der Waals surface area contributed by atoms with Crippen molar-refractivity contribution in [1.82, 2.24) is 5.32 Å². The Morgan fingerprint density at radius 1 is 1.20 bits per heavy atom. The molecule has 0 aromatic rings. The van der Waals surface area contributed by atoms with Crippen LogP contribution in [-0.4, -0.2) is 34.8 Å². The Hall–Kier alpha value is 0.270. The first kappa shape index (κ1) is 11.7. The van der Waals surface area contributed by atoms with E-state index in [2.05, 4.69) is 5.32 Å². The van der Waals surface area contributed by atoms with Crippen molar-refractivity contribution in [1.29, 1.82) is 0 Å². The van der Waals surface area contributed by atoms with E-state index in [4.69, 9.17) is 0 Å².